The van der Waals surface area contributed by atoms with Crippen LogP contribution in [-0.4, -0.2) is 100 Å². The van der Waals surface area contributed by atoms with E-state index in [0.717, 1.165) is 22.2 Å². The summed E-state index contributed by atoms with van der Waals surface area (Å²) in [6.07, 6.45) is -0.0960. The van der Waals surface area contributed by atoms with Gasteiger partial charge in [0.2, 0.25) is 25.3 Å². The van der Waals surface area contributed by atoms with Gasteiger partial charge in [0, 0.05) is 56.3 Å². The monoisotopic (exact) mass is 1570 g/mol. The third-order valence-electron chi connectivity index (χ3n) is 17.8. The topological polar surface area (TPSA) is 319 Å². The van der Waals surface area contributed by atoms with Crippen molar-refractivity contribution in [1.82, 2.24) is 30.0 Å². The molecule has 2 aromatic heterocycles. The number of carbonyl (C=O) groups is 8. The minimum Gasteiger partial charge on any atom is -0.506 e. The van der Waals surface area contributed by atoms with Crippen molar-refractivity contribution in [2.24, 2.45) is 0 Å². The molecule has 23 nitrogen and oxygen atoms in total. The van der Waals surface area contributed by atoms with Crippen molar-refractivity contribution in [2.75, 3.05) is 13.2 Å². The summed E-state index contributed by atoms with van der Waals surface area (Å²) in [4.78, 5) is 102. The molecule has 0 saturated carbocycles. The van der Waals surface area contributed by atoms with Gasteiger partial charge < -0.3 is 43.0 Å². The maximum absolute atomic E-state index is 14.7. The molecule has 2 heterocycles. The fourth-order valence-corrected chi connectivity index (χ4v) is 17.4. The van der Waals surface area contributed by atoms with E-state index >= 15 is 0 Å². The van der Waals surface area contributed by atoms with Gasteiger partial charge in [-0.2, -0.15) is 0 Å². The number of aromatic hydroxyl groups is 1. The Morgan fingerprint density at radius 1 is 0.395 bits per heavy atom. The third-order valence-corrected chi connectivity index (χ3v) is 23.5. The van der Waals surface area contributed by atoms with Gasteiger partial charge in [-0.1, -0.05) is 203 Å². The first-order valence-corrected chi connectivity index (χ1v) is 39.3. The smallest absolute Gasteiger partial charge is 0.333 e. The Labute approximate surface area is 659 Å². The number of nitrogens with zero attached hydrogens (tertiary/aromatic N) is 6. The van der Waals surface area contributed by atoms with Crippen molar-refractivity contribution in [3.05, 3.63) is 310 Å². The van der Waals surface area contributed by atoms with Crippen LogP contribution in [0.15, 0.2) is 255 Å². The molecule has 10 aromatic carbocycles. The standard InChI is InChI=1S/C44H40N3O8P.C26H25O6P.C18H17N3O3.CH4/c1-29(2)43(50)53-24-23-32-19-20-39(38(27-32)47-45-36-17-11-12-18-37(36)46-47)55-41(49)22-21-40(48)54-28-33-25-30(3)42(31(4)26-33)44(51)56(52,34-13-7-5-8-14-34)35-15-9-6-10-16-35;1-18-15-20(17-32-24(29)14-13-23(27)28)16-19(2)25(18)26(30)33(31,21-9-5-3-6-10-21)22-11-7-4-8-12-22;1-12(2)18(23)24-10-9-13-7-8-17(22)16(11-13)21-19-14-5-3-4-6-15(14)20-21;/h5-20,25-27H,1,21-24,28H2,2-4H3;3-12,15-16H,13-14,17H2,1-2H3,(H,27,28);3-8,11,22H,1,9-10H2,2H3;1H4. The molecule has 0 radical (unpaired) electrons. The Kier molecular flexibility index (Phi) is 29.2. The lowest BCUT2D eigenvalue weighted by Gasteiger charge is -2.21. The highest BCUT2D eigenvalue weighted by atomic mass is 31.2. The molecule has 0 amide bonds. The average Bonchev–Trinajstić information content (AvgIpc) is 1.03. The summed E-state index contributed by atoms with van der Waals surface area (Å²) in [5.41, 5.74) is 9.59. The van der Waals surface area contributed by atoms with Gasteiger partial charge in [0.15, 0.2) is 5.75 Å². The van der Waals surface area contributed by atoms with Crippen LogP contribution < -0.4 is 26.0 Å². The molecule has 114 heavy (non-hydrogen) atoms. The van der Waals surface area contributed by atoms with E-state index in [1.54, 1.807) is 199 Å². The van der Waals surface area contributed by atoms with Crippen LogP contribution in [0.1, 0.15) is 112 Å². The predicted octanol–water partition coefficient (Wildman–Crippen LogP) is 15.1. The van der Waals surface area contributed by atoms with Crippen molar-refractivity contribution < 1.29 is 81.4 Å². The van der Waals surface area contributed by atoms with Gasteiger partial charge in [0.1, 0.15) is 52.4 Å². The van der Waals surface area contributed by atoms with Crippen LogP contribution in [0.5, 0.6) is 11.5 Å². The van der Waals surface area contributed by atoms with Crippen LogP contribution in [-0.2, 0) is 82.9 Å². The van der Waals surface area contributed by atoms with Crippen molar-refractivity contribution in [3.8, 4) is 22.9 Å². The minimum atomic E-state index is -3.72. The first kappa shape index (κ1) is 84.9. The largest absolute Gasteiger partial charge is 0.506 e. The lowest BCUT2D eigenvalue weighted by Crippen LogP contribution is -2.23. The second kappa shape index (κ2) is 39.2. The fraction of sp³-hybridized carbons (Fsp3) is 0.191. The van der Waals surface area contributed by atoms with Crippen LogP contribution in [0.25, 0.3) is 33.4 Å². The number of carbonyl (C=O) groups excluding carboxylic acids is 7. The summed E-state index contributed by atoms with van der Waals surface area (Å²) in [7, 11) is -7.35. The summed E-state index contributed by atoms with van der Waals surface area (Å²) in [6.45, 7) is 17.6. The van der Waals surface area contributed by atoms with Crippen LogP contribution in [0.2, 0.25) is 0 Å². The number of aryl methyl sites for hydroxylation is 4. The van der Waals surface area contributed by atoms with Crippen LogP contribution >= 0.6 is 14.3 Å². The number of aromatic nitrogens is 6. The number of rotatable bonds is 29. The van der Waals surface area contributed by atoms with E-state index in [9.17, 15) is 52.6 Å². The molecule has 0 saturated heterocycles. The van der Waals surface area contributed by atoms with E-state index in [4.69, 9.17) is 28.8 Å². The lowest BCUT2D eigenvalue weighted by atomic mass is 10.0. The first-order valence-electron chi connectivity index (χ1n) is 35.9. The number of hydrogen-bond acceptors (Lipinski definition) is 20. The van der Waals surface area contributed by atoms with Crippen LogP contribution in [0.4, 0.5) is 0 Å². The number of phenolic OH excluding ortho intramolecular Hbond substituents is 1. The maximum atomic E-state index is 14.7. The number of benzene rings is 10. The molecule has 0 aliphatic heterocycles. The number of carboxylic acids is 1. The molecule has 584 valence electrons. The molecule has 0 atom stereocenters. The van der Waals surface area contributed by atoms with Crippen molar-refractivity contribution in [1.29, 1.82) is 0 Å². The average molecular weight is 1570 g/mol. The van der Waals surface area contributed by atoms with Crippen LogP contribution in [0.3, 0.4) is 0 Å². The number of hydrogen-bond donors (Lipinski definition) is 2. The molecule has 2 N–H and O–H groups in total. The molecule has 0 bridgehead atoms. The highest BCUT2D eigenvalue weighted by molar-refractivity contribution is 7.94. The Bertz CT molecular complexity index is 5470. The van der Waals surface area contributed by atoms with Crippen molar-refractivity contribution in [3.63, 3.8) is 0 Å². The van der Waals surface area contributed by atoms with E-state index in [1.807, 2.05) is 72.8 Å². The van der Waals surface area contributed by atoms with E-state index in [-0.39, 0.29) is 71.0 Å². The zero-order valence-corrected chi connectivity index (χ0v) is 64.8. The minimum absolute atomic E-state index is 0. The first-order chi connectivity index (χ1) is 54.2. The summed E-state index contributed by atoms with van der Waals surface area (Å²) < 4.78 is 55.8. The van der Waals surface area contributed by atoms with Gasteiger partial charge in [-0.25, -0.2) is 9.59 Å². The number of fused-ring (bicyclic) bond motifs is 2. The molecule has 0 unspecified atom stereocenters. The summed E-state index contributed by atoms with van der Waals surface area (Å²) in [5, 5.41) is 38.4. The molecule has 12 rings (SSSR count). The number of aliphatic carboxylic acids is 1. The lowest BCUT2D eigenvalue weighted by molar-refractivity contribution is -0.148. The third kappa shape index (κ3) is 21.3. The molecular formula is C89H86N6O17P2. The number of ether oxygens (including phenoxy) is 5. The predicted molar refractivity (Wildman–Crippen MR) is 436 cm³/mol. The van der Waals surface area contributed by atoms with E-state index < -0.39 is 61.1 Å². The molecule has 0 aliphatic carbocycles. The number of carboxylic acid groups (broad SMARTS) is 1. The van der Waals surface area contributed by atoms with Gasteiger partial charge in [0.05, 0.1) is 38.9 Å². The molecule has 0 aliphatic rings. The van der Waals surface area contributed by atoms with Crippen LogP contribution in [0, 0.1) is 27.7 Å². The van der Waals surface area contributed by atoms with E-state index in [0.29, 0.717) is 112 Å². The Balaban J connectivity index is 0.000000216. The highest BCUT2D eigenvalue weighted by Crippen LogP contribution is 2.49. The van der Waals surface area contributed by atoms with E-state index in [1.165, 1.54) is 9.59 Å². The zero-order valence-electron chi connectivity index (χ0n) is 63.0. The molecule has 25 heteroatoms. The van der Waals surface area contributed by atoms with Crippen molar-refractivity contribution >= 4 is 104 Å². The maximum Gasteiger partial charge on any atom is 0.333 e. The van der Waals surface area contributed by atoms with Gasteiger partial charge in [-0.15, -0.1) is 30.0 Å². The molecular weight excluding hydrogens is 1490 g/mol. The van der Waals surface area contributed by atoms with Gasteiger partial charge in [-0.05, 0) is 135 Å². The Morgan fingerprint density at radius 3 is 1.06 bits per heavy atom. The molecule has 0 spiro atoms. The quantitative estimate of drug-likeness (QED) is 0.0145. The number of phenols is 1. The normalized spacial score (nSPS) is 11.0. The summed E-state index contributed by atoms with van der Waals surface area (Å²) in [5.74, 6) is -3.59. The zero-order chi connectivity index (χ0) is 80.9. The molecule has 12 aromatic rings. The Hall–Kier alpha value is -13.1. The second-order valence-electron chi connectivity index (χ2n) is 26.5. The SMILES string of the molecule is C.C=C(C)C(=O)OCCc1ccc(O)c(-n2nc3ccccc3n2)c1.C=C(C)C(=O)OCCc1ccc(OC(=O)CCC(=O)OCc2cc(C)c(C(=O)P(=O)(c3ccccc3)c3ccccc3)c(C)c2)c(-n2nc3ccccc3n2)c1.Cc1cc(COC(=O)CCC(=O)O)cc(C)c1C(=O)P(=O)(c1ccccc1)c1ccccc1. The highest BCUT2D eigenvalue weighted by Gasteiger charge is 2.40. The number of esters is 5. The second-order valence-corrected chi connectivity index (χ2v) is 31.8. The van der Waals surface area contributed by atoms with Crippen molar-refractivity contribution in [2.45, 2.75) is 101 Å². The van der Waals surface area contributed by atoms with Gasteiger partial charge in [0.25, 0.3) is 0 Å². The fourth-order valence-electron chi connectivity index (χ4n) is 12.2. The summed E-state index contributed by atoms with van der Waals surface area (Å²) >= 11 is 0. The molecule has 0 fully saturated rings. The summed E-state index contributed by atoms with van der Waals surface area (Å²) in [6, 6.07) is 67.0. The van der Waals surface area contributed by atoms with E-state index in [2.05, 4.69) is 33.6 Å². The van der Waals surface area contributed by atoms with Gasteiger partial charge >= 0.3 is 35.8 Å². The van der Waals surface area contributed by atoms with Gasteiger partial charge in [-0.3, -0.25) is 28.8 Å². The Morgan fingerprint density at radius 2 is 0.711 bits per heavy atom.